The van der Waals surface area contributed by atoms with E-state index < -0.39 is 12.0 Å². The van der Waals surface area contributed by atoms with Crippen molar-refractivity contribution in [2.24, 2.45) is 0 Å². The number of benzene rings is 1. The monoisotopic (exact) mass is 315 g/mol. The van der Waals surface area contributed by atoms with E-state index in [4.69, 9.17) is 4.74 Å². The number of rotatable bonds is 5. The van der Waals surface area contributed by atoms with E-state index in [1.807, 2.05) is 30.3 Å². The van der Waals surface area contributed by atoms with Gasteiger partial charge in [0.15, 0.2) is 11.6 Å². The van der Waals surface area contributed by atoms with Crippen molar-refractivity contribution >= 4 is 17.5 Å². The minimum absolute atomic E-state index is 0.0733. The van der Waals surface area contributed by atoms with Crippen molar-refractivity contribution in [2.45, 2.75) is 38.6 Å². The largest absolute Gasteiger partial charge is 0.464 e. The molecule has 0 radical (unpaired) electrons. The summed E-state index contributed by atoms with van der Waals surface area (Å²) in [5.41, 5.74) is 1.13. The molecule has 1 aromatic rings. The molecule has 1 N–H and O–H groups in total. The smallest absolute Gasteiger partial charge is 0.328 e. The van der Waals surface area contributed by atoms with E-state index in [0.717, 1.165) is 5.56 Å². The Hall–Kier alpha value is -2.43. The first kappa shape index (κ1) is 16.9. The third-order valence-corrected chi connectivity index (χ3v) is 3.85. The zero-order valence-electron chi connectivity index (χ0n) is 13.4. The molecule has 122 valence electrons. The van der Waals surface area contributed by atoms with Crippen LogP contribution in [0.5, 0.6) is 0 Å². The SMILES string of the molecule is CCOC(=O)C(C)NC=C1C(=O)CC(c2ccccc2)CC1=O. The van der Waals surface area contributed by atoms with Gasteiger partial charge in [-0.1, -0.05) is 30.3 Å². The summed E-state index contributed by atoms with van der Waals surface area (Å²) in [5, 5.41) is 2.77. The van der Waals surface area contributed by atoms with E-state index in [0.29, 0.717) is 12.8 Å². The molecule has 0 amide bonds. The molecule has 0 aromatic heterocycles. The summed E-state index contributed by atoms with van der Waals surface area (Å²) in [6.45, 7) is 3.64. The molecule has 0 spiro atoms. The highest BCUT2D eigenvalue weighted by molar-refractivity contribution is 6.22. The summed E-state index contributed by atoms with van der Waals surface area (Å²) < 4.78 is 4.87. The first-order valence-electron chi connectivity index (χ1n) is 7.77. The average Bonchev–Trinajstić information content (AvgIpc) is 2.54. The van der Waals surface area contributed by atoms with Gasteiger partial charge in [-0.2, -0.15) is 0 Å². The Morgan fingerprint density at radius 3 is 2.43 bits per heavy atom. The van der Waals surface area contributed by atoms with E-state index in [-0.39, 0.29) is 29.7 Å². The van der Waals surface area contributed by atoms with Crippen molar-refractivity contribution in [3.63, 3.8) is 0 Å². The van der Waals surface area contributed by atoms with Crippen LogP contribution in [0.15, 0.2) is 42.1 Å². The number of nitrogens with one attached hydrogen (secondary N) is 1. The van der Waals surface area contributed by atoms with E-state index in [2.05, 4.69) is 5.32 Å². The van der Waals surface area contributed by atoms with Gasteiger partial charge in [-0.25, -0.2) is 4.79 Å². The van der Waals surface area contributed by atoms with Crippen LogP contribution in [0.4, 0.5) is 0 Å². The van der Waals surface area contributed by atoms with Gasteiger partial charge in [0.2, 0.25) is 0 Å². The lowest BCUT2D eigenvalue weighted by molar-refractivity contribution is -0.145. The summed E-state index contributed by atoms with van der Waals surface area (Å²) in [7, 11) is 0. The van der Waals surface area contributed by atoms with E-state index in [9.17, 15) is 14.4 Å². The lowest BCUT2D eigenvalue weighted by atomic mass is 9.80. The van der Waals surface area contributed by atoms with Crippen molar-refractivity contribution in [1.29, 1.82) is 0 Å². The molecule has 1 fully saturated rings. The molecule has 0 aliphatic heterocycles. The van der Waals surface area contributed by atoms with Crippen LogP contribution in [0.25, 0.3) is 0 Å². The van der Waals surface area contributed by atoms with Crippen LogP contribution in [-0.2, 0) is 19.1 Å². The Morgan fingerprint density at radius 1 is 1.26 bits per heavy atom. The van der Waals surface area contributed by atoms with Crippen LogP contribution >= 0.6 is 0 Å². The second-order valence-electron chi connectivity index (χ2n) is 5.56. The number of allylic oxidation sites excluding steroid dienone is 1. The van der Waals surface area contributed by atoms with Gasteiger partial charge in [-0.15, -0.1) is 0 Å². The molecule has 1 aliphatic carbocycles. The predicted molar refractivity (Wildman–Crippen MR) is 85.7 cm³/mol. The molecule has 1 aliphatic rings. The molecule has 5 heteroatoms. The molecular formula is C18H21NO4. The van der Waals surface area contributed by atoms with Gasteiger partial charge >= 0.3 is 5.97 Å². The van der Waals surface area contributed by atoms with Gasteiger partial charge in [0.05, 0.1) is 12.2 Å². The summed E-state index contributed by atoms with van der Waals surface area (Å²) in [6.07, 6.45) is 1.96. The van der Waals surface area contributed by atoms with Crippen molar-refractivity contribution in [3.05, 3.63) is 47.7 Å². The van der Waals surface area contributed by atoms with Crippen molar-refractivity contribution in [2.75, 3.05) is 6.61 Å². The zero-order valence-corrected chi connectivity index (χ0v) is 13.4. The van der Waals surface area contributed by atoms with Crippen molar-refractivity contribution in [3.8, 4) is 0 Å². The zero-order chi connectivity index (χ0) is 16.8. The van der Waals surface area contributed by atoms with Gasteiger partial charge in [0.25, 0.3) is 0 Å². The van der Waals surface area contributed by atoms with Gasteiger partial charge in [0.1, 0.15) is 6.04 Å². The minimum Gasteiger partial charge on any atom is -0.464 e. The average molecular weight is 315 g/mol. The van der Waals surface area contributed by atoms with Gasteiger partial charge in [0, 0.05) is 19.0 Å². The first-order chi connectivity index (χ1) is 11.0. The van der Waals surface area contributed by atoms with Crippen molar-refractivity contribution in [1.82, 2.24) is 5.32 Å². The third kappa shape index (κ3) is 4.28. The number of carbonyl (C=O) groups excluding carboxylic acids is 3. The Kier molecular flexibility index (Phi) is 5.68. The fraction of sp³-hybridized carbons (Fsp3) is 0.389. The number of ketones is 2. The Balaban J connectivity index is 2.03. The molecule has 0 heterocycles. The van der Waals surface area contributed by atoms with E-state index in [1.165, 1.54) is 6.20 Å². The summed E-state index contributed by atoms with van der Waals surface area (Å²) in [5.74, 6) is -0.879. The standard InChI is InChI=1S/C18H21NO4/c1-3-23-18(22)12(2)19-11-15-16(20)9-14(10-17(15)21)13-7-5-4-6-8-13/h4-8,11-12,14,19H,3,9-10H2,1-2H3. The second-order valence-corrected chi connectivity index (χ2v) is 5.56. The van der Waals surface area contributed by atoms with E-state index in [1.54, 1.807) is 13.8 Å². The summed E-state index contributed by atoms with van der Waals surface area (Å²) >= 11 is 0. The molecule has 5 nitrogen and oxygen atoms in total. The van der Waals surface area contributed by atoms with Crippen LogP contribution in [0.2, 0.25) is 0 Å². The normalized spacial score (nSPS) is 19.2. The molecular weight excluding hydrogens is 294 g/mol. The quantitative estimate of drug-likeness (QED) is 0.512. The van der Waals surface area contributed by atoms with Crippen LogP contribution in [0, 0.1) is 0 Å². The van der Waals surface area contributed by atoms with Crippen molar-refractivity contribution < 1.29 is 19.1 Å². The van der Waals surface area contributed by atoms with Gasteiger partial charge < -0.3 is 10.1 Å². The number of ether oxygens (including phenoxy) is 1. The minimum atomic E-state index is -0.602. The fourth-order valence-electron chi connectivity index (χ4n) is 2.56. The molecule has 0 saturated heterocycles. The topological polar surface area (TPSA) is 72.5 Å². The molecule has 1 unspecified atom stereocenters. The maximum absolute atomic E-state index is 12.3. The van der Waals surface area contributed by atoms with Gasteiger partial charge in [-0.05, 0) is 25.3 Å². The second kappa shape index (κ2) is 7.72. The number of esters is 1. The lowest BCUT2D eigenvalue weighted by Gasteiger charge is -2.22. The molecule has 0 bridgehead atoms. The van der Waals surface area contributed by atoms with Gasteiger partial charge in [-0.3, -0.25) is 9.59 Å². The number of carbonyl (C=O) groups is 3. The number of hydrogen-bond donors (Lipinski definition) is 1. The first-order valence-corrected chi connectivity index (χ1v) is 7.77. The molecule has 1 aromatic carbocycles. The van der Waals surface area contributed by atoms with Crippen LogP contribution in [-0.4, -0.2) is 30.2 Å². The lowest BCUT2D eigenvalue weighted by Crippen LogP contribution is -2.34. The van der Waals surface area contributed by atoms with Crippen LogP contribution in [0.3, 0.4) is 0 Å². The van der Waals surface area contributed by atoms with Crippen LogP contribution < -0.4 is 5.32 Å². The van der Waals surface area contributed by atoms with Crippen LogP contribution in [0.1, 0.15) is 38.2 Å². The third-order valence-electron chi connectivity index (χ3n) is 3.85. The molecule has 2 rings (SSSR count). The highest BCUT2D eigenvalue weighted by atomic mass is 16.5. The fourth-order valence-corrected chi connectivity index (χ4v) is 2.56. The van der Waals surface area contributed by atoms with E-state index >= 15 is 0 Å². The highest BCUT2D eigenvalue weighted by Crippen LogP contribution is 2.31. The highest BCUT2D eigenvalue weighted by Gasteiger charge is 2.31. The summed E-state index contributed by atoms with van der Waals surface area (Å²) in [4.78, 5) is 36.0. The Morgan fingerprint density at radius 2 is 1.87 bits per heavy atom. The predicted octanol–water partition coefficient (Wildman–Crippen LogP) is 2.13. The Labute approximate surface area is 135 Å². The maximum atomic E-state index is 12.3. The molecule has 23 heavy (non-hydrogen) atoms. The summed E-state index contributed by atoms with van der Waals surface area (Å²) in [6, 6.07) is 8.97. The molecule has 1 atom stereocenters. The maximum Gasteiger partial charge on any atom is 0.328 e. The Bertz CT molecular complexity index is 601. The number of Topliss-reactive ketones (excluding diaryl/α,β-unsaturated/α-hetero) is 2. The molecule has 1 saturated carbocycles. The number of hydrogen-bond acceptors (Lipinski definition) is 5.